The van der Waals surface area contributed by atoms with Gasteiger partial charge in [0.1, 0.15) is 72.4 Å². The predicted molar refractivity (Wildman–Crippen MR) is 334 cm³/mol. The van der Waals surface area contributed by atoms with E-state index in [1.165, 1.54) is 0 Å². The average molecular weight is 1220 g/mol. The Labute approximate surface area is 524 Å². The van der Waals surface area contributed by atoms with Gasteiger partial charge in [0.2, 0.25) is 0 Å². The van der Waals surface area contributed by atoms with Crippen LogP contribution in [0.5, 0.6) is 46.0 Å². The van der Waals surface area contributed by atoms with Crippen LogP contribution in [0.4, 0.5) is 0 Å². The van der Waals surface area contributed by atoms with Gasteiger partial charge in [0, 0.05) is 63.8 Å². The molecule has 1 aliphatic rings. The molecule has 0 aliphatic carbocycles. The minimum Gasteiger partial charge on any atom is -0.489 e. The second-order valence-electron chi connectivity index (χ2n) is 20.8. The molecule has 468 valence electrons. The maximum Gasteiger partial charge on any atom is 0.344 e. The Balaban J connectivity index is 1.32. The van der Waals surface area contributed by atoms with Crippen LogP contribution in [0.15, 0.2) is 170 Å². The highest BCUT2D eigenvalue weighted by atomic mass is 16.6. The lowest BCUT2D eigenvalue weighted by molar-refractivity contribution is -0.146. The zero-order valence-corrected chi connectivity index (χ0v) is 51.1. The van der Waals surface area contributed by atoms with Gasteiger partial charge in [-0.25, -0.2) is 19.2 Å². The lowest BCUT2D eigenvalue weighted by Crippen LogP contribution is -2.18. The van der Waals surface area contributed by atoms with Crippen LogP contribution in [0.3, 0.4) is 0 Å². The summed E-state index contributed by atoms with van der Waals surface area (Å²) in [6.07, 6.45) is 0.0921. The number of benzene rings is 8. The fourth-order valence-electron chi connectivity index (χ4n) is 10.2. The summed E-state index contributed by atoms with van der Waals surface area (Å²) in [5, 5.41) is 0. The fraction of sp³-hybridized carbons (Fsp3) is 0.288. The molecular formula is C73H74O17. The smallest absolute Gasteiger partial charge is 0.344 e. The van der Waals surface area contributed by atoms with Crippen LogP contribution < -0.4 is 37.9 Å². The summed E-state index contributed by atoms with van der Waals surface area (Å²) in [4.78, 5) is 53.6. The monoisotopic (exact) mass is 1220 g/mol. The Bertz CT molecular complexity index is 3410. The maximum absolute atomic E-state index is 13.5. The summed E-state index contributed by atoms with van der Waals surface area (Å²) in [7, 11) is 0. The van der Waals surface area contributed by atoms with Crippen molar-refractivity contribution < 1.29 is 80.8 Å². The Kier molecular flexibility index (Phi) is 23.9. The first-order chi connectivity index (χ1) is 44.0. The van der Waals surface area contributed by atoms with Crippen molar-refractivity contribution in [2.45, 2.75) is 86.6 Å². The molecule has 90 heavy (non-hydrogen) atoms. The van der Waals surface area contributed by atoms with Crippen molar-refractivity contribution in [1.29, 1.82) is 0 Å². The van der Waals surface area contributed by atoms with Crippen LogP contribution in [-0.2, 0) is 102 Å². The number of hydrogen-bond donors (Lipinski definition) is 0. The minimum atomic E-state index is -0.616. The highest BCUT2D eigenvalue weighted by Gasteiger charge is 2.27. The molecule has 0 radical (unpaired) electrons. The van der Waals surface area contributed by atoms with Crippen LogP contribution in [0.1, 0.15) is 94.5 Å². The number of carbonyl (C=O) groups is 4. The fourth-order valence-corrected chi connectivity index (χ4v) is 10.2. The van der Waals surface area contributed by atoms with Gasteiger partial charge in [0.25, 0.3) is 0 Å². The molecule has 8 bridgehead atoms. The normalized spacial score (nSPS) is 11.8. The highest BCUT2D eigenvalue weighted by molar-refractivity contribution is 5.73. The lowest BCUT2D eigenvalue weighted by atomic mass is 9.92. The highest BCUT2D eigenvalue weighted by Crippen LogP contribution is 2.43. The number of esters is 4. The number of hydrogen-bond acceptors (Lipinski definition) is 17. The molecule has 9 rings (SSSR count). The van der Waals surface area contributed by atoms with Crippen molar-refractivity contribution in [3.63, 3.8) is 0 Å². The van der Waals surface area contributed by atoms with E-state index >= 15 is 0 Å². The predicted octanol–water partition coefficient (Wildman–Crippen LogP) is 12.6. The summed E-state index contributed by atoms with van der Waals surface area (Å²) in [6, 6.07) is 53.5. The average Bonchev–Trinajstić information content (AvgIpc) is 1.04. The topological polar surface area (TPSA) is 188 Å². The van der Waals surface area contributed by atoms with Crippen LogP contribution in [-0.4, -0.2) is 76.7 Å². The van der Waals surface area contributed by atoms with E-state index in [4.69, 9.17) is 61.6 Å². The first-order valence-electron chi connectivity index (χ1n) is 30.1. The van der Waals surface area contributed by atoms with Crippen molar-refractivity contribution in [2.75, 3.05) is 52.9 Å². The molecule has 0 fully saturated rings. The third-order valence-electron chi connectivity index (χ3n) is 14.1. The molecule has 0 N–H and O–H groups in total. The molecule has 1 heterocycles. The van der Waals surface area contributed by atoms with E-state index in [0.717, 1.165) is 22.3 Å². The van der Waals surface area contributed by atoms with Crippen molar-refractivity contribution in [3.8, 4) is 46.0 Å². The van der Waals surface area contributed by atoms with Gasteiger partial charge in [-0.3, -0.25) is 0 Å². The third-order valence-corrected chi connectivity index (χ3v) is 14.1. The molecule has 8 aromatic rings. The first-order valence-corrected chi connectivity index (χ1v) is 30.1. The second-order valence-corrected chi connectivity index (χ2v) is 20.8. The Hall–Kier alpha value is -10.0. The minimum absolute atomic E-state index is 0.0185. The zero-order chi connectivity index (χ0) is 62.9. The summed E-state index contributed by atoms with van der Waals surface area (Å²) in [6.45, 7) is 5.90. The summed E-state index contributed by atoms with van der Waals surface area (Å²) < 4.78 is 81.6. The molecule has 0 aromatic heterocycles. The van der Waals surface area contributed by atoms with E-state index in [1.54, 1.807) is 39.8 Å². The van der Waals surface area contributed by atoms with Crippen LogP contribution >= 0.6 is 0 Å². The van der Waals surface area contributed by atoms with Gasteiger partial charge < -0.3 is 61.6 Å². The van der Waals surface area contributed by atoms with Crippen molar-refractivity contribution >= 4 is 23.9 Å². The molecule has 0 saturated heterocycles. The molecule has 17 nitrogen and oxygen atoms in total. The van der Waals surface area contributed by atoms with Gasteiger partial charge in [-0.1, -0.05) is 121 Å². The van der Waals surface area contributed by atoms with Gasteiger partial charge in [-0.2, -0.15) is 0 Å². The Morgan fingerprint density at radius 3 is 0.733 bits per heavy atom. The van der Waals surface area contributed by atoms with Crippen molar-refractivity contribution in [1.82, 2.24) is 0 Å². The van der Waals surface area contributed by atoms with Gasteiger partial charge in [-0.05, 0) is 98.5 Å². The lowest BCUT2D eigenvalue weighted by Gasteiger charge is -2.24. The number of carbonyl (C=O) groups excluding carboxylic acids is 4. The van der Waals surface area contributed by atoms with Crippen LogP contribution in [0.2, 0.25) is 0 Å². The summed E-state index contributed by atoms with van der Waals surface area (Å²) >= 11 is 0. The van der Waals surface area contributed by atoms with Gasteiger partial charge in [0.15, 0.2) is 26.4 Å². The maximum atomic E-state index is 13.5. The molecule has 0 spiro atoms. The van der Waals surface area contributed by atoms with Crippen LogP contribution in [0.25, 0.3) is 0 Å². The zero-order valence-electron chi connectivity index (χ0n) is 51.1. The SMILES string of the molecule is CCOC(=O)COc1c2cc(OCc3ccccc3)cc1Cc1cc(OCc3ccccc3)cc(c1OCC(=O)OCC)Cc1cc(OCc3ccccc3)cc(c1OCC(=O)OCC)Cc1cc(OCc3ccccc3)cc(c1OCC(=O)OCC)COC2. The van der Waals surface area contributed by atoms with E-state index in [1.807, 2.05) is 158 Å². The number of fused-ring (bicyclic) bond motifs is 8. The summed E-state index contributed by atoms with van der Waals surface area (Å²) in [5.74, 6) is 0.453. The largest absolute Gasteiger partial charge is 0.489 e. The third kappa shape index (κ3) is 19.0. The van der Waals surface area contributed by atoms with Crippen molar-refractivity contribution in [3.05, 3.63) is 237 Å². The molecule has 0 saturated carbocycles. The van der Waals surface area contributed by atoms with Gasteiger partial charge >= 0.3 is 23.9 Å². The van der Waals surface area contributed by atoms with Crippen LogP contribution in [0, 0.1) is 0 Å². The molecule has 17 heteroatoms. The molecular weight excluding hydrogens is 1150 g/mol. The Morgan fingerprint density at radius 1 is 0.300 bits per heavy atom. The molecule has 8 aromatic carbocycles. The van der Waals surface area contributed by atoms with Crippen molar-refractivity contribution in [2.24, 2.45) is 0 Å². The number of ether oxygens (including phenoxy) is 13. The number of rotatable bonds is 28. The second kappa shape index (κ2) is 33.4. The standard InChI is InChI=1S/C73H74O17/c1-5-79-66(74)46-87-70-54-29-55-33-63(84-41-51-23-15-10-16-24-51)35-57(71(55)88-47-67(75)80-6-2)31-59-37-65(86-43-53-27-19-12-20-28-53)39-61(73(59)90-49-69(77)82-8-4)45-78-44-60-38-64(85-42-52-25-17-11-18-26-52)36-58(72(60)89-48-68(76)81-7-3)30-56(70)34-62(32-54)83-40-50-21-13-9-14-22-50/h9-28,32-39H,5-8,29-31,40-49H2,1-4H3. The molecule has 0 unspecified atom stereocenters. The first kappa shape index (κ1) is 64.5. The van der Waals surface area contributed by atoms with E-state index in [9.17, 15) is 19.2 Å². The van der Waals surface area contributed by atoms with E-state index in [2.05, 4.69) is 0 Å². The quantitative estimate of drug-likeness (QED) is 0.0332. The van der Waals surface area contributed by atoms with E-state index in [-0.39, 0.29) is 108 Å². The van der Waals surface area contributed by atoms with E-state index in [0.29, 0.717) is 67.5 Å². The van der Waals surface area contributed by atoms with Gasteiger partial charge in [0.05, 0.1) is 39.6 Å². The van der Waals surface area contributed by atoms with E-state index < -0.39 is 50.3 Å². The van der Waals surface area contributed by atoms with Gasteiger partial charge in [-0.15, -0.1) is 0 Å². The molecule has 0 amide bonds. The Morgan fingerprint density at radius 2 is 0.511 bits per heavy atom. The molecule has 1 aliphatic heterocycles. The molecule has 0 atom stereocenters. The summed E-state index contributed by atoms with van der Waals surface area (Å²) in [5.41, 5.74) is 7.82.